The Morgan fingerprint density at radius 1 is 0.600 bits per heavy atom. The standard InChI is InChI=1S/C6H6Cl6.C2H5Cl/c7-1-2(8)4(10)6(12)5(11)3(1)9;1-2-3/h1-6H;2H2,1H3/t1-,2-,3-,4+,5+,6+;. The zero-order valence-electron chi connectivity index (χ0n) is 7.82. The van der Waals surface area contributed by atoms with E-state index in [1.807, 2.05) is 6.92 Å². The lowest BCUT2D eigenvalue weighted by Crippen LogP contribution is -2.52. The molecule has 0 unspecified atom stereocenters. The molecule has 0 bridgehead atoms. The molecule has 0 aromatic rings. The van der Waals surface area contributed by atoms with E-state index in [4.69, 9.17) is 81.2 Å². The molecular weight excluding hydrogens is 344 g/mol. The maximum Gasteiger partial charge on any atom is 0.0693 e. The third-order valence-corrected chi connectivity index (χ3v) is 5.86. The van der Waals surface area contributed by atoms with E-state index < -0.39 is 32.3 Å². The third kappa shape index (κ3) is 4.66. The minimum Gasteiger partial charge on any atom is -0.127 e. The van der Waals surface area contributed by atoms with Crippen molar-refractivity contribution in [2.45, 2.75) is 39.2 Å². The summed E-state index contributed by atoms with van der Waals surface area (Å²) in [5.41, 5.74) is 0. The van der Waals surface area contributed by atoms with Crippen molar-refractivity contribution in [1.29, 1.82) is 0 Å². The van der Waals surface area contributed by atoms with Crippen molar-refractivity contribution in [3.05, 3.63) is 0 Å². The summed E-state index contributed by atoms with van der Waals surface area (Å²) in [6, 6.07) is 0. The van der Waals surface area contributed by atoms with Crippen LogP contribution in [-0.4, -0.2) is 38.1 Å². The van der Waals surface area contributed by atoms with Crippen LogP contribution in [0, 0.1) is 0 Å². The van der Waals surface area contributed by atoms with Crippen molar-refractivity contribution in [2.75, 3.05) is 5.88 Å². The molecule has 0 spiro atoms. The Hall–Kier alpha value is 2.03. The van der Waals surface area contributed by atoms with E-state index in [9.17, 15) is 0 Å². The summed E-state index contributed by atoms with van der Waals surface area (Å²) in [5.74, 6) is 0.722. The van der Waals surface area contributed by atoms with Crippen molar-refractivity contribution in [3.8, 4) is 0 Å². The van der Waals surface area contributed by atoms with Crippen LogP contribution in [-0.2, 0) is 0 Å². The molecule has 0 aromatic heterocycles. The molecule has 1 aliphatic carbocycles. The minimum absolute atomic E-state index is 0.437. The van der Waals surface area contributed by atoms with Crippen molar-refractivity contribution in [1.82, 2.24) is 0 Å². The van der Waals surface area contributed by atoms with E-state index in [2.05, 4.69) is 0 Å². The molecule has 1 rings (SSSR count). The van der Waals surface area contributed by atoms with Gasteiger partial charge in [-0.3, -0.25) is 0 Å². The first-order valence-electron chi connectivity index (χ1n) is 4.28. The van der Waals surface area contributed by atoms with E-state index in [0.717, 1.165) is 5.88 Å². The summed E-state index contributed by atoms with van der Waals surface area (Å²) in [7, 11) is 0. The highest BCUT2D eigenvalue weighted by Gasteiger charge is 2.46. The Morgan fingerprint density at radius 2 is 0.667 bits per heavy atom. The molecule has 0 nitrogen and oxygen atoms in total. The van der Waals surface area contributed by atoms with Crippen LogP contribution in [0.3, 0.4) is 0 Å². The van der Waals surface area contributed by atoms with Gasteiger partial charge in [0.25, 0.3) is 0 Å². The first-order chi connectivity index (χ1) is 6.88. The molecular formula is C8H11Cl7. The lowest BCUT2D eigenvalue weighted by atomic mass is 9.97. The predicted octanol–water partition coefficient (Wildman–Crippen LogP) is 4.89. The average Bonchev–Trinajstić information content (AvgIpc) is 2.22. The summed E-state index contributed by atoms with van der Waals surface area (Å²) in [6.07, 6.45) is 0. The highest BCUT2D eigenvalue weighted by Crippen LogP contribution is 2.39. The largest absolute Gasteiger partial charge is 0.127 e. The minimum atomic E-state index is -0.437. The summed E-state index contributed by atoms with van der Waals surface area (Å²) >= 11 is 40.3. The second kappa shape index (κ2) is 8.19. The molecule has 1 fully saturated rings. The van der Waals surface area contributed by atoms with Crippen LogP contribution in [0.15, 0.2) is 0 Å². The average molecular weight is 355 g/mol. The van der Waals surface area contributed by atoms with E-state index >= 15 is 0 Å². The van der Waals surface area contributed by atoms with E-state index in [1.54, 1.807) is 0 Å². The fraction of sp³-hybridized carbons (Fsp3) is 1.00. The van der Waals surface area contributed by atoms with Gasteiger partial charge >= 0.3 is 0 Å². The highest BCUT2D eigenvalue weighted by atomic mass is 35.5. The molecule has 7 heteroatoms. The molecule has 1 saturated carbocycles. The quantitative estimate of drug-likeness (QED) is 0.543. The molecule has 0 aliphatic heterocycles. The fourth-order valence-corrected chi connectivity index (χ4v) is 3.38. The van der Waals surface area contributed by atoms with Gasteiger partial charge in [-0.2, -0.15) is 0 Å². The Kier molecular flexibility index (Phi) is 9.30. The molecule has 1 aliphatic rings. The van der Waals surface area contributed by atoms with E-state index in [-0.39, 0.29) is 0 Å². The van der Waals surface area contributed by atoms with Crippen LogP contribution in [0.5, 0.6) is 0 Å². The van der Waals surface area contributed by atoms with E-state index in [0.29, 0.717) is 0 Å². The lowest BCUT2D eigenvalue weighted by molar-refractivity contribution is 0.544. The molecule has 0 radical (unpaired) electrons. The van der Waals surface area contributed by atoms with Gasteiger partial charge in [0.2, 0.25) is 0 Å². The van der Waals surface area contributed by atoms with Crippen molar-refractivity contribution in [2.24, 2.45) is 0 Å². The topological polar surface area (TPSA) is 0 Å². The monoisotopic (exact) mass is 352 g/mol. The van der Waals surface area contributed by atoms with Gasteiger partial charge in [0.1, 0.15) is 0 Å². The fourth-order valence-electron chi connectivity index (χ4n) is 1.05. The zero-order valence-corrected chi connectivity index (χ0v) is 13.1. The molecule has 92 valence electrons. The Labute approximate surface area is 125 Å². The maximum absolute atomic E-state index is 5.88. The Morgan fingerprint density at radius 3 is 0.733 bits per heavy atom. The van der Waals surface area contributed by atoms with Gasteiger partial charge in [-0.25, -0.2) is 0 Å². The molecule has 0 amide bonds. The predicted molar refractivity (Wildman–Crippen MR) is 74.2 cm³/mol. The second-order valence-electron chi connectivity index (χ2n) is 2.93. The van der Waals surface area contributed by atoms with Crippen molar-refractivity contribution >= 4 is 81.2 Å². The smallest absolute Gasteiger partial charge is 0.0693 e. The molecule has 0 aromatic carbocycles. The molecule has 0 heterocycles. The zero-order chi connectivity index (χ0) is 12.2. The summed E-state index contributed by atoms with van der Waals surface area (Å²) in [5, 5.41) is -2.62. The summed E-state index contributed by atoms with van der Waals surface area (Å²) in [6.45, 7) is 1.89. The molecule has 0 saturated heterocycles. The third-order valence-electron chi connectivity index (χ3n) is 1.83. The second-order valence-corrected chi connectivity index (χ2v) is 6.49. The SMILES string of the molecule is CCCl.Cl[C@H]1[C@H](Cl)[C@@H](Cl)[C@@H](Cl)[C@H](Cl)[C@H]1Cl. The van der Waals surface area contributed by atoms with E-state index in [1.165, 1.54) is 0 Å². The van der Waals surface area contributed by atoms with Crippen LogP contribution in [0.2, 0.25) is 0 Å². The van der Waals surface area contributed by atoms with Gasteiger partial charge in [-0.05, 0) is 0 Å². The van der Waals surface area contributed by atoms with Crippen molar-refractivity contribution in [3.63, 3.8) is 0 Å². The van der Waals surface area contributed by atoms with Gasteiger partial charge < -0.3 is 0 Å². The van der Waals surface area contributed by atoms with Gasteiger partial charge in [0.05, 0.1) is 32.3 Å². The molecule has 15 heavy (non-hydrogen) atoms. The van der Waals surface area contributed by atoms with Crippen molar-refractivity contribution < 1.29 is 0 Å². The van der Waals surface area contributed by atoms with Crippen LogP contribution in [0.1, 0.15) is 6.92 Å². The van der Waals surface area contributed by atoms with Crippen LogP contribution in [0.25, 0.3) is 0 Å². The first-order valence-corrected chi connectivity index (χ1v) is 7.44. The number of halogens is 7. The molecule has 0 atom stereocenters. The maximum atomic E-state index is 5.88. The van der Waals surface area contributed by atoms with Crippen LogP contribution >= 0.6 is 81.2 Å². The molecule has 0 N–H and O–H groups in total. The highest BCUT2D eigenvalue weighted by molar-refractivity contribution is 6.45. The Balaban J connectivity index is 0.000000583. The first kappa shape index (κ1) is 17.0. The Bertz CT molecular complexity index is 118. The normalized spacial score (nSPS) is 45.6. The number of hydrogen-bond donors (Lipinski definition) is 0. The summed E-state index contributed by atoms with van der Waals surface area (Å²) in [4.78, 5) is 0. The van der Waals surface area contributed by atoms with Gasteiger partial charge in [-0.1, -0.05) is 6.92 Å². The van der Waals surface area contributed by atoms with Crippen LogP contribution in [0.4, 0.5) is 0 Å². The lowest BCUT2D eigenvalue weighted by Gasteiger charge is -2.37. The summed E-state index contributed by atoms with van der Waals surface area (Å²) < 4.78 is 0. The number of hydrogen-bond acceptors (Lipinski definition) is 0. The van der Waals surface area contributed by atoms with Gasteiger partial charge in [-0.15, -0.1) is 81.2 Å². The van der Waals surface area contributed by atoms with Crippen LogP contribution < -0.4 is 0 Å². The van der Waals surface area contributed by atoms with Gasteiger partial charge in [0, 0.05) is 5.88 Å². The van der Waals surface area contributed by atoms with Gasteiger partial charge in [0.15, 0.2) is 0 Å². The number of alkyl halides is 7. The number of rotatable bonds is 0.